The van der Waals surface area contributed by atoms with Gasteiger partial charge in [-0.15, -0.1) is 0 Å². The first kappa shape index (κ1) is 20.5. The predicted molar refractivity (Wildman–Crippen MR) is 99.9 cm³/mol. The first-order valence-corrected chi connectivity index (χ1v) is 10.5. The zero-order valence-electron chi connectivity index (χ0n) is 15.3. The van der Waals surface area contributed by atoms with Crippen molar-refractivity contribution in [1.29, 1.82) is 0 Å². The molecule has 0 bridgehead atoms. The summed E-state index contributed by atoms with van der Waals surface area (Å²) in [7, 11) is -3.54. The summed E-state index contributed by atoms with van der Waals surface area (Å²) in [4.78, 5) is 12.2. The molecule has 1 aromatic carbocycles. The minimum atomic E-state index is -3.54. The van der Waals surface area contributed by atoms with Crippen molar-refractivity contribution in [3.63, 3.8) is 0 Å². The van der Waals surface area contributed by atoms with E-state index in [9.17, 15) is 13.2 Å². The number of nitrogens with zero attached hydrogens (tertiary/aromatic N) is 1. The van der Waals surface area contributed by atoms with Crippen LogP contribution >= 0.6 is 0 Å². The zero-order chi connectivity index (χ0) is 18.2. The summed E-state index contributed by atoms with van der Waals surface area (Å²) in [5.74, 6) is -0.260. The maximum absolute atomic E-state index is 12.3. The fourth-order valence-corrected chi connectivity index (χ4v) is 3.60. The summed E-state index contributed by atoms with van der Waals surface area (Å²) in [6.45, 7) is 6.49. The van der Waals surface area contributed by atoms with Gasteiger partial charge in [-0.1, -0.05) is 51.8 Å². The minimum Gasteiger partial charge on any atom is -0.355 e. The van der Waals surface area contributed by atoms with E-state index in [1.807, 2.05) is 32.0 Å². The molecule has 24 heavy (non-hydrogen) atoms. The van der Waals surface area contributed by atoms with E-state index in [1.165, 1.54) is 4.31 Å². The van der Waals surface area contributed by atoms with Crippen LogP contribution in [0, 0.1) is 0 Å². The van der Waals surface area contributed by atoms with Gasteiger partial charge < -0.3 is 5.32 Å². The summed E-state index contributed by atoms with van der Waals surface area (Å²) < 4.78 is 25.9. The van der Waals surface area contributed by atoms with Crippen LogP contribution in [0.5, 0.6) is 0 Å². The fraction of sp³-hybridized carbons (Fsp3) is 0.611. The summed E-state index contributed by atoms with van der Waals surface area (Å²) in [5, 5.41) is 2.82. The molecule has 0 fully saturated rings. The molecule has 5 nitrogen and oxygen atoms in total. The number of benzene rings is 1. The maximum atomic E-state index is 12.3. The van der Waals surface area contributed by atoms with E-state index in [1.54, 1.807) is 0 Å². The van der Waals surface area contributed by atoms with Crippen molar-refractivity contribution >= 4 is 21.6 Å². The number of nitrogens with one attached hydrogen (secondary N) is 1. The molecule has 0 aliphatic carbocycles. The number of carbonyl (C=O) groups is 1. The lowest BCUT2D eigenvalue weighted by Gasteiger charge is -2.26. The first-order chi connectivity index (χ1) is 11.3. The van der Waals surface area contributed by atoms with Crippen LogP contribution in [0.25, 0.3) is 0 Å². The topological polar surface area (TPSA) is 66.5 Å². The van der Waals surface area contributed by atoms with Gasteiger partial charge in [-0.2, -0.15) is 0 Å². The van der Waals surface area contributed by atoms with Crippen LogP contribution in [0.3, 0.4) is 0 Å². The predicted octanol–water partition coefficient (Wildman–Crippen LogP) is 2.88. The average molecular weight is 355 g/mol. The Bertz CT molecular complexity index is 619. The van der Waals surface area contributed by atoms with Gasteiger partial charge in [0.05, 0.1) is 11.9 Å². The Labute approximate surface area is 146 Å². The monoisotopic (exact) mass is 354 g/mol. The van der Waals surface area contributed by atoms with Gasteiger partial charge in [0.25, 0.3) is 0 Å². The number of hydrogen-bond donors (Lipinski definition) is 1. The molecule has 0 spiro atoms. The molecular weight excluding hydrogens is 324 g/mol. The van der Waals surface area contributed by atoms with E-state index in [2.05, 4.69) is 12.2 Å². The van der Waals surface area contributed by atoms with E-state index in [-0.39, 0.29) is 12.5 Å². The third kappa shape index (κ3) is 5.82. The summed E-state index contributed by atoms with van der Waals surface area (Å²) in [5.41, 5.74) is 2.55. The fourth-order valence-electron chi connectivity index (χ4n) is 2.69. The number of amides is 1. The smallest absolute Gasteiger partial charge is 0.240 e. The average Bonchev–Trinajstić information content (AvgIpc) is 2.55. The molecule has 0 atom stereocenters. The minimum absolute atomic E-state index is 0.172. The van der Waals surface area contributed by atoms with Crippen molar-refractivity contribution in [3.05, 3.63) is 29.3 Å². The van der Waals surface area contributed by atoms with Gasteiger partial charge in [-0.05, 0) is 30.4 Å². The number of aryl methyl sites for hydroxylation is 2. The molecule has 6 heteroatoms. The molecule has 1 rings (SSSR count). The number of unbranched alkanes of at least 4 members (excludes halogenated alkanes) is 2. The van der Waals surface area contributed by atoms with Crippen LogP contribution < -0.4 is 9.62 Å². The highest BCUT2D eigenvalue weighted by Gasteiger charge is 2.24. The number of para-hydroxylation sites is 1. The van der Waals surface area contributed by atoms with Gasteiger partial charge in [0.1, 0.15) is 6.54 Å². The van der Waals surface area contributed by atoms with Gasteiger partial charge in [0.15, 0.2) is 0 Å². The number of carbonyl (C=O) groups excluding carboxylic acids is 1. The van der Waals surface area contributed by atoms with E-state index in [4.69, 9.17) is 0 Å². The molecule has 0 unspecified atom stereocenters. The van der Waals surface area contributed by atoms with Gasteiger partial charge in [0.2, 0.25) is 15.9 Å². The Hall–Kier alpha value is -1.56. The Morgan fingerprint density at radius 3 is 2.12 bits per heavy atom. The molecule has 1 amide bonds. The third-order valence-corrected chi connectivity index (χ3v) is 5.12. The highest BCUT2D eigenvalue weighted by molar-refractivity contribution is 7.92. The van der Waals surface area contributed by atoms with Crippen molar-refractivity contribution in [2.75, 3.05) is 23.7 Å². The van der Waals surface area contributed by atoms with Crippen molar-refractivity contribution in [2.45, 2.75) is 52.9 Å². The standard InChI is InChI=1S/C18H30N2O3S/c1-5-8-9-13-19-17(21)14-20(24(4,22)23)18-15(6-2)11-10-12-16(18)7-3/h10-12H,5-9,13-14H2,1-4H3,(H,19,21). The third-order valence-electron chi connectivity index (χ3n) is 4.00. The number of sulfonamides is 1. The van der Waals surface area contributed by atoms with Crippen molar-refractivity contribution in [1.82, 2.24) is 5.32 Å². The highest BCUT2D eigenvalue weighted by atomic mass is 32.2. The molecule has 1 aromatic rings. The SMILES string of the molecule is CCCCCNC(=O)CN(c1c(CC)cccc1CC)S(C)(=O)=O. The van der Waals surface area contributed by atoms with Crippen LogP contribution in [0.4, 0.5) is 5.69 Å². The lowest BCUT2D eigenvalue weighted by molar-refractivity contribution is -0.119. The molecule has 0 aliphatic rings. The summed E-state index contributed by atoms with van der Waals surface area (Å²) in [6.07, 6.45) is 5.63. The first-order valence-electron chi connectivity index (χ1n) is 8.70. The molecule has 0 aliphatic heterocycles. The Balaban J connectivity index is 3.06. The van der Waals surface area contributed by atoms with Crippen molar-refractivity contribution in [3.8, 4) is 0 Å². The maximum Gasteiger partial charge on any atom is 0.240 e. The Kier molecular flexibility index (Phi) is 8.25. The zero-order valence-corrected chi connectivity index (χ0v) is 16.1. The van der Waals surface area contributed by atoms with Gasteiger partial charge in [-0.3, -0.25) is 9.10 Å². The Morgan fingerprint density at radius 2 is 1.67 bits per heavy atom. The largest absolute Gasteiger partial charge is 0.355 e. The van der Waals surface area contributed by atoms with Crippen molar-refractivity contribution < 1.29 is 13.2 Å². The summed E-state index contributed by atoms with van der Waals surface area (Å²) in [6, 6.07) is 5.78. The second-order valence-corrected chi connectivity index (χ2v) is 7.87. The highest BCUT2D eigenvalue weighted by Crippen LogP contribution is 2.28. The van der Waals surface area contributed by atoms with Gasteiger partial charge in [-0.25, -0.2) is 8.42 Å². The molecular formula is C18H30N2O3S. The number of rotatable bonds is 10. The van der Waals surface area contributed by atoms with Crippen LogP contribution in [0.1, 0.15) is 51.2 Å². The van der Waals surface area contributed by atoms with Crippen molar-refractivity contribution in [2.24, 2.45) is 0 Å². The molecule has 0 saturated heterocycles. The van der Waals surface area contributed by atoms with Crippen LogP contribution in [-0.4, -0.2) is 33.7 Å². The molecule has 1 N–H and O–H groups in total. The van der Waals surface area contributed by atoms with Crippen LogP contribution in [-0.2, 0) is 27.7 Å². The van der Waals surface area contributed by atoms with E-state index in [0.29, 0.717) is 25.1 Å². The van der Waals surface area contributed by atoms with E-state index in [0.717, 1.165) is 36.6 Å². The molecule has 136 valence electrons. The van der Waals surface area contributed by atoms with Crippen LogP contribution in [0.2, 0.25) is 0 Å². The van der Waals surface area contributed by atoms with E-state index >= 15 is 0 Å². The summed E-state index contributed by atoms with van der Waals surface area (Å²) >= 11 is 0. The number of anilines is 1. The quantitative estimate of drug-likeness (QED) is 0.657. The molecule has 0 saturated carbocycles. The normalized spacial score (nSPS) is 11.3. The molecule has 0 heterocycles. The van der Waals surface area contributed by atoms with Gasteiger partial charge >= 0.3 is 0 Å². The number of hydrogen-bond acceptors (Lipinski definition) is 3. The van der Waals surface area contributed by atoms with Crippen LogP contribution in [0.15, 0.2) is 18.2 Å². The lowest BCUT2D eigenvalue weighted by Crippen LogP contribution is -2.41. The second-order valence-electron chi connectivity index (χ2n) is 5.96. The Morgan fingerprint density at radius 1 is 1.08 bits per heavy atom. The molecule has 0 radical (unpaired) electrons. The lowest BCUT2D eigenvalue weighted by atomic mass is 10.0. The molecule has 0 aromatic heterocycles. The van der Waals surface area contributed by atoms with Gasteiger partial charge in [0, 0.05) is 6.54 Å². The second kappa shape index (κ2) is 9.67. The van der Waals surface area contributed by atoms with E-state index < -0.39 is 10.0 Å².